The van der Waals surface area contributed by atoms with E-state index in [1.807, 2.05) is 0 Å². The smallest absolute Gasteiger partial charge is 0.305 e. The molecule has 0 saturated carbocycles. The zero-order valence-corrected chi connectivity index (χ0v) is 13.4. The SMILES string of the molecule is CCOC1=C(F)C2=C(CC(Br)=C1)c1ccc(F)c(F)c1C2(F)F. The summed E-state index contributed by atoms with van der Waals surface area (Å²) in [5.41, 5.74) is -2.37. The van der Waals surface area contributed by atoms with E-state index in [4.69, 9.17) is 4.74 Å². The largest absolute Gasteiger partial charge is 0.491 e. The van der Waals surface area contributed by atoms with Crippen LogP contribution in [0, 0.1) is 11.6 Å². The fourth-order valence-corrected chi connectivity index (χ4v) is 3.31. The first-order valence-electron chi connectivity index (χ1n) is 6.78. The highest BCUT2D eigenvalue weighted by Crippen LogP contribution is 2.56. The van der Waals surface area contributed by atoms with Crippen LogP contribution in [0.25, 0.3) is 5.57 Å². The van der Waals surface area contributed by atoms with Gasteiger partial charge >= 0.3 is 5.92 Å². The Balaban J connectivity index is 2.31. The van der Waals surface area contributed by atoms with Crippen molar-refractivity contribution in [3.8, 4) is 0 Å². The number of alkyl halides is 2. The zero-order valence-electron chi connectivity index (χ0n) is 11.8. The number of halogens is 6. The summed E-state index contributed by atoms with van der Waals surface area (Å²) in [6.45, 7) is 1.66. The molecule has 0 unspecified atom stereocenters. The Kier molecular flexibility index (Phi) is 3.86. The van der Waals surface area contributed by atoms with Crippen LogP contribution in [-0.4, -0.2) is 6.61 Å². The molecule has 0 aliphatic heterocycles. The third-order valence-corrected chi connectivity index (χ3v) is 4.23. The van der Waals surface area contributed by atoms with Crippen molar-refractivity contribution in [2.75, 3.05) is 6.61 Å². The molecule has 0 heterocycles. The van der Waals surface area contributed by atoms with Crippen LogP contribution in [-0.2, 0) is 10.7 Å². The van der Waals surface area contributed by atoms with Crippen molar-refractivity contribution in [2.24, 2.45) is 0 Å². The number of hydrogen-bond donors (Lipinski definition) is 0. The summed E-state index contributed by atoms with van der Waals surface area (Å²) in [5.74, 6) is -8.67. The second kappa shape index (κ2) is 5.47. The molecule has 23 heavy (non-hydrogen) atoms. The molecule has 1 aromatic carbocycles. The number of fused-ring (bicyclic) bond motifs is 2. The quantitative estimate of drug-likeness (QED) is 0.584. The first kappa shape index (κ1) is 16.2. The molecule has 0 spiro atoms. The molecule has 0 N–H and O–H groups in total. The summed E-state index contributed by atoms with van der Waals surface area (Å²) >= 11 is 3.17. The van der Waals surface area contributed by atoms with Crippen LogP contribution >= 0.6 is 15.9 Å². The van der Waals surface area contributed by atoms with Gasteiger partial charge in [-0.15, -0.1) is 0 Å². The van der Waals surface area contributed by atoms with Gasteiger partial charge in [0.2, 0.25) is 0 Å². The summed E-state index contributed by atoms with van der Waals surface area (Å²) in [6, 6.07) is 1.80. The molecule has 1 aromatic rings. The van der Waals surface area contributed by atoms with Gasteiger partial charge in [-0.1, -0.05) is 22.0 Å². The van der Waals surface area contributed by atoms with Gasteiger partial charge in [0.15, 0.2) is 23.2 Å². The van der Waals surface area contributed by atoms with Crippen LogP contribution in [0.2, 0.25) is 0 Å². The summed E-state index contributed by atoms with van der Waals surface area (Å²) in [5, 5.41) is 0. The predicted octanol–water partition coefficient (Wildman–Crippen LogP) is 5.72. The van der Waals surface area contributed by atoms with E-state index >= 15 is 0 Å². The zero-order chi connectivity index (χ0) is 16.9. The Morgan fingerprint density at radius 2 is 1.91 bits per heavy atom. The summed E-state index contributed by atoms with van der Waals surface area (Å²) < 4.78 is 76.7. The molecular weight excluding hydrogens is 383 g/mol. The Bertz CT molecular complexity index is 792. The van der Waals surface area contributed by atoms with E-state index in [2.05, 4.69) is 15.9 Å². The van der Waals surface area contributed by atoms with Crippen LogP contribution in [0.1, 0.15) is 24.5 Å². The lowest BCUT2D eigenvalue weighted by molar-refractivity contribution is 0.0360. The maximum absolute atomic E-state index is 14.7. The van der Waals surface area contributed by atoms with E-state index in [0.29, 0.717) is 4.48 Å². The van der Waals surface area contributed by atoms with Crippen LogP contribution in [0.4, 0.5) is 22.0 Å². The van der Waals surface area contributed by atoms with Gasteiger partial charge in [-0.3, -0.25) is 0 Å². The number of hydrogen-bond acceptors (Lipinski definition) is 1. The van der Waals surface area contributed by atoms with Gasteiger partial charge in [0.25, 0.3) is 0 Å². The average Bonchev–Trinajstić information content (AvgIpc) is 2.60. The van der Waals surface area contributed by atoms with E-state index in [9.17, 15) is 22.0 Å². The van der Waals surface area contributed by atoms with Crippen molar-refractivity contribution in [1.29, 1.82) is 0 Å². The van der Waals surface area contributed by atoms with E-state index in [-0.39, 0.29) is 29.9 Å². The Morgan fingerprint density at radius 1 is 1.22 bits per heavy atom. The van der Waals surface area contributed by atoms with Gasteiger partial charge in [-0.2, -0.15) is 8.78 Å². The maximum atomic E-state index is 14.7. The highest BCUT2D eigenvalue weighted by Gasteiger charge is 2.52. The summed E-state index contributed by atoms with van der Waals surface area (Å²) in [4.78, 5) is 0. The molecule has 7 heteroatoms. The minimum Gasteiger partial charge on any atom is -0.491 e. The Morgan fingerprint density at radius 3 is 2.57 bits per heavy atom. The Hall–Kier alpha value is -1.63. The Labute approximate surface area is 137 Å². The van der Waals surface area contributed by atoms with Crippen molar-refractivity contribution in [3.63, 3.8) is 0 Å². The molecule has 0 amide bonds. The van der Waals surface area contributed by atoms with Gasteiger partial charge in [0.1, 0.15) is 0 Å². The van der Waals surface area contributed by atoms with Crippen molar-refractivity contribution < 1.29 is 26.7 Å². The number of rotatable bonds is 2. The van der Waals surface area contributed by atoms with Crippen molar-refractivity contribution in [2.45, 2.75) is 19.3 Å². The molecule has 122 valence electrons. The van der Waals surface area contributed by atoms with Crippen LogP contribution in [0.5, 0.6) is 0 Å². The van der Waals surface area contributed by atoms with Gasteiger partial charge in [-0.25, -0.2) is 13.2 Å². The normalized spacial score (nSPS) is 19.3. The van der Waals surface area contributed by atoms with Gasteiger partial charge in [0.05, 0.1) is 17.7 Å². The minimum absolute atomic E-state index is 0.0731. The van der Waals surface area contributed by atoms with Crippen molar-refractivity contribution >= 4 is 21.5 Å². The number of benzene rings is 1. The van der Waals surface area contributed by atoms with Crippen molar-refractivity contribution in [1.82, 2.24) is 0 Å². The standard InChI is InChI=1S/C16H10BrF5O/c1-2-23-11-6-7(17)5-9-8-3-4-10(18)14(19)12(8)16(21,22)13(9)15(11)20/h3-4,6H,2,5H2,1H3. The molecule has 0 fully saturated rings. The highest BCUT2D eigenvalue weighted by molar-refractivity contribution is 9.11. The first-order chi connectivity index (χ1) is 10.8. The first-order valence-corrected chi connectivity index (χ1v) is 7.57. The van der Waals surface area contributed by atoms with Crippen LogP contribution in [0.3, 0.4) is 0 Å². The molecule has 1 nitrogen and oxygen atoms in total. The van der Waals surface area contributed by atoms with Crippen molar-refractivity contribution in [3.05, 3.63) is 62.6 Å². The third kappa shape index (κ3) is 2.33. The van der Waals surface area contributed by atoms with Crippen LogP contribution < -0.4 is 0 Å². The molecule has 2 aliphatic carbocycles. The molecule has 0 aromatic heterocycles. The lowest BCUT2D eigenvalue weighted by Gasteiger charge is -2.17. The molecule has 2 aliphatic rings. The van der Waals surface area contributed by atoms with Crippen LogP contribution in [0.15, 0.2) is 39.9 Å². The summed E-state index contributed by atoms with van der Waals surface area (Å²) in [7, 11) is 0. The van der Waals surface area contributed by atoms with Gasteiger partial charge in [0, 0.05) is 10.9 Å². The lowest BCUT2D eigenvalue weighted by Crippen LogP contribution is -2.17. The fraction of sp³-hybridized carbons (Fsp3) is 0.250. The third-order valence-electron chi connectivity index (χ3n) is 3.72. The maximum Gasteiger partial charge on any atom is 0.305 e. The molecule has 0 saturated heterocycles. The fourth-order valence-electron chi connectivity index (χ4n) is 2.82. The molecule has 0 atom stereocenters. The topological polar surface area (TPSA) is 9.23 Å². The summed E-state index contributed by atoms with van der Waals surface area (Å²) in [6.07, 6.45) is 1.19. The molecule has 3 rings (SSSR count). The monoisotopic (exact) mass is 392 g/mol. The predicted molar refractivity (Wildman–Crippen MR) is 78.6 cm³/mol. The van der Waals surface area contributed by atoms with E-state index in [1.165, 1.54) is 6.08 Å². The second-order valence-corrected chi connectivity index (χ2v) is 6.11. The van der Waals surface area contributed by atoms with E-state index in [0.717, 1.165) is 12.1 Å². The second-order valence-electron chi connectivity index (χ2n) is 5.09. The molecular formula is C16H10BrF5O. The molecule has 0 bridgehead atoms. The minimum atomic E-state index is -3.98. The lowest BCUT2D eigenvalue weighted by atomic mass is 10.0. The van der Waals surface area contributed by atoms with Gasteiger partial charge < -0.3 is 4.74 Å². The number of allylic oxidation sites excluding steroid dienone is 5. The van der Waals surface area contributed by atoms with Gasteiger partial charge in [-0.05, 0) is 30.2 Å². The molecule has 0 radical (unpaired) electrons. The van der Waals surface area contributed by atoms with E-state index < -0.39 is 34.5 Å². The van der Waals surface area contributed by atoms with E-state index in [1.54, 1.807) is 6.92 Å². The average molecular weight is 393 g/mol. The number of ether oxygens (including phenoxy) is 1. The highest BCUT2D eigenvalue weighted by atomic mass is 79.9.